The molecule has 20 heavy (non-hydrogen) atoms. The van der Waals surface area contributed by atoms with Crippen molar-refractivity contribution in [1.29, 1.82) is 0 Å². The number of nitrogens with zero attached hydrogens (tertiary/aromatic N) is 2. The lowest BCUT2D eigenvalue weighted by atomic mass is 9.87. The van der Waals surface area contributed by atoms with Crippen LogP contribution < -0.4 is 0 Å². The van der Waals surface area contributed by atoms with E-state index in [0.717, 1.165) is 45.6 Å². The zero-order valence-corrected chi connectivity index (χ0v) is 13.6. The lowest BCUT2D eigenvalue weighted by Gasteiger charge is -2.43. The quantitative estimate of drug-likeness (QED) is 0.802. The molecule has 2 heterocycles. The van der Waals surface area contributed by atoms with Crippen molar-refractivity contribution in [2.45, 2.75) is 58.1 Å². The van der Waals surface area contributed by atoms with Gasteiger partial charge < -0.3 is 14.9 Å². The van der Waals surface area contributed by atoms with E-state index >= 15 is 0 Å². The average Bonchev–Trinajstić information content (AvgIpc) is 2.39. The molecule has 2 rings (SSSR count). The molecule has 1 N–H and O–H groups in total. The molecule has 3 heteroatoms. The Kier molecular flexibility index (Phi) is 5.27. The Morgan fingerprint density at radius 2 is 1.75 bits per heavy atom. The van der Waals surface area contributed by atoms with Crippen molar-refractivity contribution in [1.82, 2.24) is 9.80 Å². The lowest BCUT2D eigenvalue weighted by Crippen LogP contribution is -2.53. The zero-order chi connectivity index (χ0) is 14.8. The summed E-state index contributed by atoms with van der Waals surface area (Å²) in [5.74, 6) is 0.698. The second-order valence-corrected chi connectivity index (χ2v) is 7.25. The van der Waals surface area contributed by atoms with Gasteiger partial charge in [-0.1, -0.05) is 12.2 Å². The molecule has 0 bridgehead atoms. The maximum absolute atomic E-state index is 10.8. The van der Waals surface area contributed by atoms with Crippen LogP contribution in [0.15, 0.2) is 12.2 Å². The van der Waals surface area contributed by atoms with Gasteiger partial charge in [-0.2, -0.15) is 0 Å². The summed E-state index contributed by atoms with van der Waals surface area (Å²) in [5, 5.41) is 10.8. The summed E-state index contributed by atoms with van der Waals surface area (Å²) < 4.78 is 0. The second kappa shape index (κ2) is 6.59. The van der Waals surface area contributed by atoms with Crippen molar-refractivity contribution >= 4 is 0 Å². The monoisotopic (exact) mass is 280 g/mol. The van der Waals surface area contributed by atoms with Gasteiger partial charge in [0.1, 0.15) is 0 Å². The number of likely N-dealkylation sites (tertiary alicyclic amines) is 2. The maximum atomic E-state index is 10.8. The van der Waals surface area contributed by atoms with Crippen LogP contribution in [-0.4, -0.2) is 59.3 Å². The number of hydrogen-bond donors (Lipinski definition) is 1. The molecular weight excluding hydrogens is 248 g/mol. The van der Waals surface area contributed by atoms with Gasteiger partial charge in [-0.3, -0.25) is 0 Å². The zero-order valence-electron chi connectivity index (χ0n) is 13.6. The first kappa shape index (κ1) is 16.0. The summed E-state index contributed by atoms with van der Waals surface area (Å²) in [6, 6.07) is 0.603. The van der Waals surface area contributed by atoms with Gasteiger partial charge >= 0.3 is 0 Å². The molecule has 0 radical (unpaired) electrons. The first-order valence-electron chi connectivity index (χ1n) is 8.24. The fourth-order valence-corrected chi connectivity index (χ4v) is 3.61. The van der Waals surface area contributed by atoms with Gasteiger partial charge in [-0.05, 0) is 65.5 Å². The number of hydrogen-bond acceptors (Lipinski definition) is 3. The molecule has 2 aliphatic rings. The average molecular weight is 280 g/mol. The van der Waals surface area contributed by atoms with Crippen LogP contribution in [0.1, 0.15) is 46.5 Å². The van der Waals surface area contributed by atoms with Gasteiger partial charge in [-0.25, -0.2) is 0 Å². The number of β-amino-alcohol motifs (C(OH)–C–C–N with tert-alkyl or cyclic N) is 1. The van der Waals surface area contributed by atoms with Gasteiger partial charge in [0.25, 0.3) is 0 Å². The molecule has 0 aromatic heterocycles. The molecule has 2 fully saturated rings. The van der Waals surface area contributed by atoms with Crippen molar-refractivity contribution < 1.29 is 5.11 Å². The van der Waals surface area contributed by atoms with E-state index in [1.165, 1.54) is 18.4 Å². The minimum Gasteiger partial charge on any atom is -0.388 e. The molecule has 116 valence electrons. The first-order chi connectivity index (χ1) is 9.39. The van der Waals surface area contributed by atoms with Gasteiger partial charge in [0.2, 0.25) is 0 Å². The molecule has 0 aliphatic carbocycles. The molecule has 2 saturated heterocycles. The largest absolute Gasteiger partial charge is 0.388 e. The third-order valence-corrected chi connectivity index (χ3v) is 5.26. The summed E-state index contributed by atoms with van der Waals surface area (Å²) in [6.07, 6.45) is 4.27. The van der Waals surface area contributed by atoms with E-state index in [1.807, 2.05) is 0 Å². The number of rotatable bonds is 4. The predicted octanol–water partition coefficient (Wildman–Crippen LogP) is 2.51. The molecule has 0 unspecified atom stereocenters. The van der Waals surface area contributed by atoms with E-state index in [2.05, 4.69) is 37.1 Å². The highest BCUT2D eigenvalue weighted by molar-refractivity contribution is 4.99. The summed E-state index contributed by atoms with van der Waals surface area (Å²) in [4.78, 5) is 4.94. The highest BCUT2D eigenvalue weighted by atomic mass is 16.3. The van der Waals surface area contributed by atoms with Gasteiger partial charge in [0.05, 0.1) is 5.60 Å². The SMILES string of the molecule is C=C(C)C1CCN(CC2(O)CCN(C(C)C)CC2)CC1. The Bertz CT molecular complexity index is 324. The van der Waals surface area contributed by atoms with Gasteiger partial charge in [-0.15, -0.1) is 0 Å². The van der Waals surface area contributed by atoms with Crippen LogP contribution in [0.2, 0.25) is 0 Å². The molecular formula is C17H32N2O. The Morgan fingerprint density at radius 1 is 1.20 bits per heavy atom. The summed E-state index contributed by atoms with van der Waals surface area (Å²) in [6.45, 7) is 15.9. The van der Waals surface area contributed by atoms with E-state index in [4.69, 9.17) is 0 Å². The standard InChI is InChI=1S/C17H32N2O/c1-14(2)16-5-9-18(10-6-16)13-17(20)7-11-19(12-8-17)15(3)4/h15-16,20H,1,5-13H2,2-4H3. The predicted molar refractivity (Wildman–Crippen MR) is 84.9 cm³/mol. The molecule has 0 atom stereocenters. The van der Waals surface area contributed by atoms with Crippen molar-refractivity contribution in [2.75, 3.05) is 32.7 Å². The van der Waals surface area contributed by atoms with Crippen molar-refractivity contribution in [3.05, 3.63) is 12.2 Å². The molecule has 0 amide bonds. The maximum Gasteiger partial charge on any atom is 0.0798 e. The van der Waals surface area contributed by atoms with E-state index in [0.29, 0.717) is 12.0 Å². The van der Waals surface area contributed by atoms with Crippen LogP contribution in [0.5, 0.6) is 0 Å². The highest BCUT2D eigenvalue weighted by Crippen LogP contribution is 2.28. The number of allylic oxidation sites excluding steroid dienone is 1. The van der Waals surface area contributed by atoms with Crippen LogP contribution in [-0.2, 0) is 0 Å². The lowest BCUT2D eigenvalue weighted by molar-refractivity contribution is -0.0543. The van der Waals surface area contributed by atoms with E-state index in [9.17, 15) is 5.11 Å². The topological polar surface area (TPSA) is 26.7 Å². The molecule has 0 saturated carbocycles. The van der Waals surface area contributed by atoms with E-state index in [-0.39, 0.29) is 0 Å². The normalized spacial score (nSPS) is 26.1. The molecule has 3 nitrogen and oxygen atoms in total. The summed E-state index contributed by atoms with van der Waals surface area (Å²) >= 11 is 0. The Morgan fingerprint density at radius 3 is 2.20 bits per heavy atom. The molecule has 2 aliphatic heterocycles. The number of piperidine rings is 2. The fraction of sp³-hybridized carbons (Fsp3) is 0.882. The van der Waals surface area contributed by atoms with Crippen LogP contribution in [0.4, 0.5) is 0 Å². The summed E-state index contributed by atoms with van der Waals surface area (Å²) in [7, 11) is 0. The third-order valence-electron chi connectivity index (χ3n) is 5.26. The molecule has 0 spiro atoms. The van der Waals surface area contributed by atoms with E-state index in [1.54, 1.807) is 0 Å². The van der Waals surface area contributed by atoms with E-state index < -0.39 is 5.60 Å². The second-order valence-electron chi connectivity index (χ2n) is 7.25. The van der Waals surface area contributed by atoms with Crippen molar-refractivity contribution in [2.24, 2.45) is 5.92 Å². The minimum absolute atomic E-state index is 0.457. The van der Waals surface area contributed by atoms with Crippen molar-refractivity contribution in [3.63, 3.8) is 0 Å². The fourth-order valence-electron chi connectivity index (χ4n) is 3.61. The van der Waals surface area contributed by atoms with Gasteiger partial charge in [0, 0.05) is 25.7 Å². The Labute approximate surface area is 124 Å². The van der Waals surface area contributed by atoms with Crippen LogP contribution >= 0.6 is 0 Å². The molecule has 0 aromatic rings. The van der Waals surface area contributed by atoms with Crippen molar-refractivity contribution in [3.8, 4) is 0 Å². The first-order valence-corrected chi connectivity index (χ1v) is 8.24. The van der Waals surface area contributed by atoms with Crippen LogP contribution in [0.25, 0.3) is 0 Å². The molecule has 0 aromatic carbocycles. The smallest absolute Gasteiger partial charge is 0.0798 e. The van der Waals surface area contributed by atoms with Crippen LogP contribution in [0, 0.1) is 5.92 Å². The summed E-state index contributed by atoms with van der Waals surface area (Å²) in [5.41, 5.74) is 0.871. The third kappa shape index (κ3) is 4.06. The highest BCUT2D eigenvalue weighted by Gasteiger charge is 2.35. The van der Waals surface area contributed by atoms with Gasteiger partial charge in [0.15, 0.2) is 0 Å². The van der Waals surface area contributed by atoms with Crippen LogP contribution in [0.3, 0.4) is 0 Å². The number of aliphatic hydroxyl groups is 1. The minimum atomic E-state index is -0.457. The Balaban J connectivity index is 1.78. The Hall–Kier alpha value is -0.380.